The Morgan fingerprint density at radius 2 is 1.61 bits per heavy atom. The predicted molar refractivity (Wildman–Crippen MR) is 155 cm³/mol. The molecule has 4 rings (SSSR count). The fraction of sp³-hybridized carbons (Fsp3) is 0.455. The van der Waals surface area contributed by atoms with Gasteiger partial charge in [-0.05, 0) is 86.7 Å². The van der Waals surface area contributed by atoms with Crippen LogP contribution in [0.15, 0.2) is 48.7 Å². The van der Waals surface area contributed by atoms with Gasteiger partial charge >= 0.3 is 0 Å². The zero-order valence-electron chi connectivity index (χ0n) is 23.3. The highest BCUT2D eigenvalue weighted by molar-refractivity contribution is 5.94. The molecule has 38 heavy (non-hydrogen) atoms. The monoisotopic (exact) mass is 508 g/mol. The van der Waals surface area contributed by atoms with Gasteiger partial charge in [0.15, 0.2) is 0 Å². The topological polar surface area (TPSA) is 40.9 Å². The maximum atomic E-state index is 13.7. The molecule has 3 aromatic rings. The molecule has 0 atom stereocenters. The van der Waals surface area contributed by atoms with Gasteiger partial charge in [0.2, 0.25) is 0 Å². The molecule has 0 spiro atoms. The Hall–Kier alpha value is -3.54. The van der Waals surface area contributed by atoms with Crippen molar-refractivity contribution in [2.75, 3.05) is 32.7 Å². The van der Waals surface area contributed by atoms with Gasteiger partial charge in [0.25, 0.3) is 5.91 Å². The molecule has 1 aliphatic heterocycles. The largest absolute Gasteiger partial charge is 0.339 e. The summed E-state index contributed by atoms with van der Waals surface area (Å²) in [7, 11) is 0. The van der Waals surface area contributed by atoms with Crippen molar-refractivity contribution in [3.63, 3.8) is 0 Å². The first-order chi connectivity index (χ1) is 18.4. The molecule has 2 aromatic heterocycles. The summed E-state index contributed by atoms with van der Waals surface area (Å²) in [5.74, 6) is 14.3. The van der Waals surface area contributed by atoms with E-state index < -0.39 is 0 Å². The molecule has 0 bridgehead atoms. The first-order valence-corrected chi connectivity index (χ1v) is 14.0. The SMILES string of the molecule is CC(C)CCN(CCC(C)C)C(=O)c1ccc2nc(C#Cc3ccccc3)c(C#CCN3CCCC3)n2c1. The van der Waals surface area contributed by atoms with Crippen LogP contribution in [0, 0.1) is 35.5 Å². The van der Waals surface area contributed by atoms with E-state index in [1.807, 2.05) is 58.0 Å². The number of pyridine rings is 1. The van der Waals surface area contributed by atoms with E-state index in [9.17, 15) is 4.79 Å². The molecule has 5 heteroatoms. The molecule has 3 heterocycles. The summed E-state index contributed by atoms with van der Waals surface area (Å²) >= 11 is 0. The quantitative estimate of drug-likeness (QED) is 0.366. The minimum absolute atomic E-state index is 0.0646. The Morgan fingerprint density at radius 1 is 0.921 bits per heavy atom. The number of carbonyl (C=O) groups excluding carboxylic acids is 1. The third-order valence-corrected chi connectivity index (χ3v) is 6.91. The summed E-state index contributed by atoms with van der Waals surface area (Å²) in [6.07, 6.45) is 6.35. The molecule has 0 unspecified atom stereocenters. The zero-order valence-corrected chi connectivity index (χ0v) is 23.3. The predicted octanol–water partition coefficient (Wildman–Crippen LogP) is 5.72. The number of likely N-dealkylation sites (tertiary alicyclic amines) is 1. The van der Waals surface area contributed by atoms with Gasteiger partial charge in [-0.2, -0.15) is 0 Å². The average Bonchev–Trinajstić information content (AvgIpc) is 3.55. The third kappa shape index (κ3) is 7.50. The van der Waals surface area contributed by atoms with Crippen molar-refractivity contribution in [3.05, 3.63) is 71.2 Å². The Bertz CT molecular complexity index is 1330. The minimum Gasteiger partial charge on any atom is -0.339 e. The molecule has 1 aliphatic rings. The lowest BCUT2D eigenvalue weighted by Crippen LogP contribution is -2.34. The maximum Gasteiger partial charge on any atom is 0.255 e. The van der Waals surface area contributed by atoms with Crippen LogP contribution < -0.4 is 0 Å². The summed E-state index contributed by atoms with van der Waals surface area (Å²) in [6, 6.07) is 13.7. The summed E-state index contributed by atoms with van der Waals surface area (Å²) in [5.41, 5.74) is 3.73. The van der Waals surface area contributed by atoms with Crippen LogP contribution in [0.5, 0.6) is 0 Å². The molecule has 5 nitrogen and oxygen atoms in total. The second-order valence-electron chi connectivity index (χ2n) is 11.0. The fourth-order valence-electron chi connectivity index (χ4n) is 4.53. The highest BCUT2D eigenvalue weighted by Crippen LogP contribution is 2.17. The van der Waals surface area contributed by atoms with Crippen molar-refractivity contribution in [2.24, 2.45) is 11.8 Å². The van der Waals surface area contributed by atoms with Crippen molar-refractivity contribution in [1.82, 2.24) is 19.2 Å². The lowest BCUT2D eigenvalue weighted by Gasteiger charge is -2.24. The second-order valence-corrected chi connectivity index (χ2v) is 11.0. The highest BCUT2D eigenvalue weighted by atomic mass is 16.2. The molecule has 0 radical (unpaired) electrons. The van der Waals surface area contributed by atoms with Crippen LogP contribution >= 0.6 is 0 Å². The number of imidazole rings is 1. The summed E-state index contributed by atoms with van der Waals surface area (Å²) in [4.78, 5) is 22.8. The van der Waals surface area contributed by atoms with E-state index in [-0.39, 0.29) is 5.91 Å². The van der Waals surface area contributed by atoms with Crippen LogP contribution in [0.1, 0.15) is 80.7 Å². The molecule has 198 valence electrons. The van der Waals surface area contributed by atoms with E-state index in [0.29, 0.717) is 23.1 Å². The van der Waals surface area contributed by atoms with Crippen molar-refractivity contribution in [1.29, 1.82) is 0 Å². The molecule has 0 saturated carbocycles. The number of carbonyl (C=O) groups is 1. The molecule has 1 saturated heterocycles. The van der Waals surface area contributed by atoms with Gasteiger partial charge in [0, 0.05) is 24.8 Å². The molecule has 1 fully saturated rings. The average molecular weight is 509 g/mol. The van der Waals surface area contributed by atoms with Crippen LogP contribution in [0.25, 0.3) is 5.65 Å². The third-order valence-electron chi connectivity index (χ3n) is 6.91. The minimum atomic E-state index is 0.0646. The van der Waals surface area contributed by atoms with Crippen molar-refractivity contribution in [3.8, 4) is 23.7 Å². The van der Waals surface area contributed by atoms with Gasteiger partial charge in [-0.1, -0.05) is 57.7 Å². The fourth-order valence-corrected chi connectivity index (χ4v) is 4.53. The number of hydrogen-bond donors (Lipinski definition) is 0. The maximum absolute atomic E-state index is 13.7. The molecule has 1 amide bonds. The van der Waals surface area contributed by atoms with Gasteiger partial charge in [-0.25, -0.2) is 4.98 Å². The van der Waals surface area contributed by atoms with Crippen LogP contribution in [0.3, 0.4) is 0 Å². The standard InChI is InChI=1S/C33H40N4O/c1-26(2)18-23-36(24-19-27(3)4)33(38)29-15-17-32-34-30(16-14-28-11-6-5-7-12-28)31(37(32)25-29)13-10-22-35-20-8-9-21-35/h5-7,11-12,15,17,25-27H,8-9,18-24H2,1-4H3. The Morgan fingerprint density at radius 3 is 2.26 bits per heavy atom. The van der Waals surface area contributed by atoms with E-state index in [4.69, 9.17) is 4.98 Å². The smallest absolute Gasteiger partial charge is 0.255 e. The molecular weight excluding hydrogens is 468 g/mol. The van der Waals surface area contributed by atoms with Crippen LogP contribution in [-0.4, -0.2) is 57.8 Å². The Balaban J connectivity index is 1.69. The summed E-state index contributed by atoms with van der Waals surface area (Å²) in [6.45, 7) is 13.3. The number of rotatable bonds is 8. The zero-order chi connectivity index (χ0) is 26.9. The van der Waals surface area contributed by atoms with E-state index in [1.165, 1.54) is 12.8 Å². The van der Waals surface area contributed by atoms with Crippen LogP contribution in [0.2, 0.25) is 0 Å². The molecule has 0 aliphatic carbocycles. The Labute approximate surface area is 228 Å². The van der Waals surface area contributed by atoms with E-state index in [2.05, 4.69) is 56.3 Å². The van der Waals surface area contributed by atoms with Crippen molar-refractivity contribution in [2.45, 2.75) is 53.4 Å². The lowest BCUT2D eigenvalue weighted by molar-refractivity contribution is 0.0740. The van der Waals surface area contributed by atoms with E-state index >= 15 is 0 Å². The summed E-state index contributed by atoms with van der Waals surface area (Å²) < 4.78 is 1.95. The normalized spacial score (nSPS) is 13.4. The number of benzene rings is 1. The molecule has 1 aromatic carbocycles. The van der Waals surface area contributed by atoms with Gasteiger partial charge in [0.05, 0.1) is 12.1 Å². The molecule has 0 N–H and O–H groups in total. The summed E-state index contributed by atoms with van der Waals surface area (Å²) in [5, 5.41) is 0. The first kappa shape index (κ1) is 27.5. The molecular formula is C33H40N4O. The van der Waals surface area contributed by atoms with Crippen molar-refractivity contribution >= 4 is 11.6 Å². The van der Waals surface area contributed by atoms with Gasteiger partial charge in [0.1, 0.15) is 17.0 Å². The van der Waals surface area contributed by atoms with Crippen LogP contribution in [0.4, 0.5) is 0 Å². The number of fused-ring (bicyclic) bond motifs is 1. The highest BCUT2D eigenvalue weighted by Gasteiger charge is 2.19. The second kappa shape index (κ2) is 13.3. The number of hydrogen-bond acceptors (Lipinski definition) is 3. The number of amides is 1. The lowest BCUT2D eigenvalue weighted by atomic mass is 10.1. The first-order valence-electron chi connectivity index (χ1n) is 14.0. The van der Waals surface area contributed by atoms with E-state index in [1.54, 1.807) is 0 Å². The van der Waals surface area contributed by atoms with Gasteiger partial charge in [-0.15, -0.1) is 0 Å². The number of nitrogens with zero attached hydrogens (tertiary/aromatic N) is 4. The van der Waals surface area contributed by atoms with E-state index in [0.717, 1.165) is 62.5 Å². The number of aromatic nitrogens is 2. The van der Waals surface area contributed by atoms with Crippen LogP contribution in [-0.2, 0) is 0 Å². The van der Waals surface area contributed by atoms with Gasteiger partial charge < -0.3 is 4.90 Å². The Kier molecular flexibility index (Phi) is 9.63. The van der Waals surface area contributed by atoms with Gasteiger partial charge in [-0.3, -0.25) is 14.1 Å². The van der Waals surface area contributed by atoms with Crippen molar-refractivity contribution < 1.29 is 4.79 Å².